The lowest BCUT2D eigenvalue weighted by Gasteiger charge is -2.09. The first-order chi connectivity index (χ1) is 14.2. The second-order valence-electron chi connectivity index (χ2n) is 6.25. The van der Waals surface area contributed by atoms with Crippen LogP contribution >= 0.6 is 11.8 Å². The molecule has 1 aromatic heterocycles. The minimum Gasteiger partial charge on any atom is -0.463 e. The van der Waals surface area contributed by atoms with Gasteiger partial charge in [-0.1, -0.05) is 54.2 Å². The molecule has 0 aliphatic rings. The lowest BCUT2D eigenvalue weighted by Crippen LogP contribution is -2.10. The monoisotopic (exact) mass is 399 g/mol. The summed E-state index contributed by atoms with van der Waals surface area (Å²) in [4.78, 5) is 27.0. The van der Waals surface area contributed by atoms with Crippen molar-refractivity contribution in [1.82, 2.24) is 0 Å². The zero-order valence-corrected chi connectivity index (χ0v) is 16.2. The number of carbonyl (C=O) groups is 1. The van der Waals surface area contributed by atoms with E-state index < -0.39 is 0 Å². The van der Waals surface area contributed by atoms with Gasteiger partial charge in [0.05, 0.1) is 16.6 Å². The van der Waals surface area contributed by atoms with E-state index in [0.29, 0.717) is 22.2 Å². The predicted octanol–water partition coefficient (Wildman–Crippen LogP) is 5.60. The minimum absolute atomic E-state index is 0.170. The lowest BCUT2D eigenvalue weighted by atomic mass is 10.1. The second-order valence-corrected chi connectivity index (χ2v) is 7.37. The van der Waals surface area contributed by atoms with E-state index in [1.165, 1.54) is 18.4 Å². The standard InChI is InChI=1S/C24H17NO3S/c26-23(15-14-17-16-28-21-12-6-4-10-19(21)24(17)27)25-20-11-5-7-13-22(20)29-18-8-2-1-3-9-18/h1-16H,(H,25,26)/b15-14+. The van der Waals surface area contributed by atoms with Crippen LogP contribution in [0.15, 0.2) is 110 Å². The van der Waals surface area contributed by atoms with Crippen LogP contribution in [0.2, 0.25) is 0 Å². The maximum absolute atomic E-state index is 12.5. The fraction of sp³-hybridized carbons (Fsp3) is 0. The maximum atomic E-state index is 12.5. The molecule has 0 saturated heterocycles. The second kappa shape index (κ2) is 8.63. The van der Waals surface area contributed by atoms with E-state index in [-0.39, 0.29) is 11.3 Å². The Bertz CT molecular complexity index is 1250. The Labute approximate surface area is 171 Å². The van der Waals surface area contributed by atoms with E-state index in [1.54, 1.807) is 36.0 Å². The summed E-state index contributed by atoms with van der Waals surface area (Å²) < 4.78 is 5.47. The summed E-state index contributed by atoms with van der Waals surface area (Å²) in [5.74, 6) is -0.321. The number of hydrogen-bond acceptors (Lipinski definition) is 4. The molecule has 4 rings (SSSR count). The largest absolute Gasteiger partial charge is 0.463 e. The summed E-state index contributed by atoms with van der Waals surface area (Å²) in [6.45, 7) is 0. The molecular weight excluding hydrogens is 382 g/mol. The normalized spacial score (nSPS) is 11.0. The smallest absolute Gasteiger partial charge is 0.248 e. The molecule has 3 aromatic carbocycles. The molecule has 29 heavy (non-hydrogen) atoms. The van der Waals surface area contributed by atoms with E-state index in [2.05, 4.69) is 5.32 Å². The van der Waals surface area contributed by atoms with Crippen LogP contribution in [0.5, 0.6) is 0 Å². The summed E-state index contributed by atoms with van der Waals surface area (Å²) in [6.07, 6.45) is 4.18. The van der Waals surface area contributed by atoms with Crippen molar-refractivity contribution < 1.29 is 9.21 Å². The number of fused-ring (bicyclic) bond motifs is 1. The molecule has 4 aromatic rings. The number of para-hydroxylation sites is 2. The van der Waals surface area contributed by atoms with Crippen LogP contribution < -0.4 is 10.7 Å². The Kier molecular flexibility index (Phi) is 5.59. The van der Waals surface area contributed by atoms with Gasteiger partial charge in [0.15, 0.2) is 5.43 Å². The van der Waals surface area contributed by atoms with Gasteiger partial charge in [-0.3, -0.25) is 9.59 Å². The fourth-order valence-electron chi connectivity index (χ4n) is 2.82. The van der Waals surface area contributed by atoms with E-state index in [1.807, 2.05) is 54.6 Å². The van der Waals surface area contributed by atoms with Crippen molar-refractivity contribution in [1.29, 1.82) is 0 Å². The first-order valence-electron chi connectivity index (χ1n) is 9.02. The zero-order chi connectivity index (χ0) is 20.1. The molecular formula is C24H17NO3S. The molecule has 0 bridgehead atoms. The van der Waals surface area contributed by atoms with Crippen molar-refractivity contribution in [3.05, 3.63) is 107 Å². The van der Waals surface area contributed by atoms with Crippen LogP contribution in [0.3, 0.4) is 0 Å². The van der Waals surface area contributed by atoms with Gasteiger partial charge in [-0.15, -0.1) is 0 Å². The van der Waals surface area contributed by atoms with Gasteiger partial charge in [0.25, 0.3) is 0 Å². The van der Waals surface area contributed by atoms with Gasteiger partial charge in [0, 0.05) is 15.9 Å². The van der Waals surface area contributed by atoms with Crippen molar-refractivity contribution in [3.63, 3.8) is 0 Å². The third-order valence-corrected chi connectivity index (χ3v) is 5.32. The van der Waals surface area contributed by atoms with Crippen molar-refractivity contribution in [2.24, 2.45) is 0 Å². The van der Waals surface area contributed by atoms with Gasteiger partial charge < -0.3 is 9.73 Å². The van der Waals surface area contributed by atoms with Crippen molar-refractivity contribution >= 4 is 40.4 Å². The van der Waals surface area contributed by atoms with Crippen molar-refractivity contribution in [2.45, 2.75) is 9.79 Å². The van der Waals surface area contributed by atoms with E-state index in [4.69, 9.17) is 4.42 Å². The summed E-state index contributed by atoms with van der Waals surface area (Å²) >= 11 is 1.57. The molecule has 0 saturated carbocycles. The summed E-state index contributed by atoms with van der Waals surface area (Å²) in [5.41, 5.74) is 1.38. The van der Waals surface area contributed by atoms with Crippen molar-refractivity contribution in [2.75, 3.05) is 5.32 Å². The van der Waals surface area contributed by atoms with Gasteiger partial charge >= 0.3 is 0 Å². The van der Waals surface area contributed by atoms with Crippen LogP contribution in [0.25, 0.3) is 17.0 Å². The van der Waals surface area contributed by atoms with Crippen LogP contribution in [0, 0.1) is 0 Å². The Balaban J connectivity index is 1.52. The Morgan fingerprint density at radius 2 is 1.62 bits per heavy atom. The SMILES string of the molecule is O=C(/C=C/c1coc2ccccc2c1=O)Nc1ccccc1Sc1ccccc1. The van der Waals surface area contributed by atoms with Gasteiger partial charge in [0.2, 0.25) is 5.91 Å². The highest BCUT2D eigenvalue weighted by atomic mass is 32.2. The van der Waals surface area contributed by atoms with Crippen LogP contribution in [-0.2, 0) is 4.79 Å². The highest BCUT2D eigenvalue weighted by Gasteiger charge is 2.07. The Morgan fingerprint density at radius 3 is 2.48 bits per heavy atom. The first kappa shape index (κ1) is 18.8. The molecule has 5 heteroatoms. The predicted molar refractivity (Wildman–Crippen MR) is 117 cm³/mol. The number of benzene rings is 3. The third-order valence-electron chi connectivity index (χ3n) is 4.24. The number of hydrogen-bond donors (Lipinski definition) is 1. The third kappa shape index (κ3) is 4.47. The molecule has 1 N–H and O–H groups in total. The van der Waals surface area contributed by atoms with Crippen LogP contribution in [0.4, 0.5) is 5.69 Å². The van der Waals surface area contributed by atoms with Crippen LogP contribution in [0.1, 0.15) is 5.56 Å². The highest BCUT2D eigenvalue weighted by Crippen LogP contribution is 2.33. The van der Waals surface area contributed by atoms with Gasteiger partial charge in [-0.25, -0.2) is 0 Å². The Morgan fingerprint density at radius 1 is 0.897 bits per heavy atom. The molecule has 142 valence electrons. The fourth-order valence-corrected chi connectivity index (χ4v) is 3.75. The van der Waals surface area contributed by atoms with E-state index >= 15 is 0 Å². The molecule has 0 aliphatic carbocycles. The zero-order valence-electron chi connectivity index (χ0n) is 15.4. The summed E-state index contributed by atoms with van der Waals surface area (Å²) in [6, 6.07) is 24.6. The molecule has 0 aliphatic heterocycles. The average Bonchev–Trinajstić information content (AvgIpc) is 2.76. The summed E-state index contributed by atoms with van der Waals surface area (Å²) in [5, 5.41) is 3.36. The van der Waals surface area contributed by atoms with E-state index in [9.17, 15) is 9.59 Å². The van der Waals surface area contributed by atoms with Crippen molar-refractivity contribution in [3.8, 4) is 0 Å². The highest BCUT2D eigenvalue weighted by molar-refractivity contribution is 7.99. The molecule has 0 fully saturated rings. The van der Waals surface area contributed by atoms with Gasteiger partial charge in [-0.2, -0.15) is 0 Å². The molecule has 0 spiro atoms. The molecule has 1 amide bonds. The molecule has 4 nitrogen and oxygen atoms in total. The van der Waals surface area contributed by atoms with Gasteiger partial charge in [-0.05, 0) is 42.5 Å². The Hall–Kier alpha value is -3.57. The molecule has 1 heterocycles. The van der Waals surface area contributed by atoms with Crippen LogP contribution in [-0.4, -0.2) is 5.91 Å². The maximum Gasteiger partial charge on any atom is 0.248 e. The summed E-state index contributed by atoms with van der Waals surface area (Å²) in [7, 11) is 0. The molecule has 0 radical (unpaired) electrons. The number of anilines is 1. The number of rotatable bonds is 5. The number of carbonyl (C=O) groups excluding carboxylic acids is 1. The minimum atomic E-state index is -0.321. The van der Waals surface area contributed by atoms with E-state index in [0.717, 1.165) is 9.79 Å². The molecule has 0 atom stereocenters. The first-order valence-corrected chi connectivity index (χ1v) is 9.84. The quantitative estimate of drug-likeness (QED) is 0.444. The van der Waals surface area contributed by atoms with Gasteiger partial charge in [0.1, 0.15) is 11.8 Å². The topological polar surface area (TPSA) is 59.3 Å². The molecule has 0 unspecified atom stereocenters. The number of amides is 1. The lowest BCUT2D eigenvalue weighted by molar-refractivity contribution is -0.111. The number of nitrogens with one attached hydrogen (secondary N) is 1. The average molecular weight is 399 g/mol.